The molecule has 0 spiro atoms. The highest BCUT2D eigenvalue weighted by Crippen LogP contribution is 2.37. The number of methoxy groups -OCH3 is 1. The third kappa shape index (κ3) is 3.59. The summed E-state index contributed by atoms with van der Waals surface area (Å²) in [5.41, 5.74) is -1.04. The summed E-state index contributed by atoms with van der Waals surface area (Å²) in [6.07, 6.45) is 9.79. The van der Waals surface area contributed by atoms with Crippen LogP contribution in [0.5, 0.6) is 0 Å². The fraction of sp³-hybridized carbons (Fsp3) is 0.933. The second-order valence-electron chi connectivity index (χ2n) is 6.51. The molecule has 0 bridgehead atoms. The fourth-order valence-corrected chi connectivity index (χ4v) is 5.59. The molecule has 21 heavy (non-hydrogen) atoms. The zero-order valence-electron chi connectivity index (χ0n) is 13.1. The highest BCUT2D eigenvalue weighted by molar-refractivity contribution is 7.91. The van der Waals surface area contributed by atoms with Crippen LogP contribution in [-0.2, 0) is 19.4 Å². The highest BCUT2D eigenvalue weighted by Gasteiger charge is 2.55. The van der Waals surface area contributed by atoms with Gasteiger partial charge >= 0.3 is 5.97 Å². The molecular formula is C15H27NO4S. The first-order valence-electron chi connectivity index (χ1n) is 7.95. The third-order valence-electron chi connectivity index (χ3n) is 4.97. The lowest BCUT2D eigenvalue weighted by Crippen LogP contribution is -2.62. The third-order valence-corrected chi connectivity index (χ3v) is 6.64. The van der Waals surface area contributed by atoms with E-state index in [4.69, 9.17) is 4.74 Å². The quantitative estimate of drug-likeness (QED) is 0.632. The summed E-state index contributed by atoms with van der Waals surface area (Å²) in [5, 5.41) is 2.76. The second kappa shape index (κ2) is 6.65. The number of hydrogen-bond donors (Lipinski definition) is 1. The number of rotatable bonds is 4. The van der Waals surface area contributed by atoms with Crippen molar-refractivity contribution in [1.29, 1.82) is 0 Å². The first kappa shape index (κ1) is 16.7. The molecule has 0 aromatic carbocycles. The summed E-state index contributed by atoms with van der Waals surface area (Å²) in [6.45, 7) is 0. The van der Waals surface area contributed by atoms with Crippen LogP contribution in [-0.4, -0.2) is 44.6 Å². The Morgan fingerprint density at radius 1 is 1.10 bits per heavy atom. The van der Waals surface area contributed by atoms with E-state index in [-0.39, 0.29) is 6.04 Å². The number of carbonyl (C=O) groups excluding carboxylic acids is 1. The van der Waals surface area contributed by atoms with Gasteiger partial charge in [0, 0.05) is 12.3 Å². The average molecular weight is 317 g/mol. The molecule has 6 heteroatoms. The smallest absolute Gasteiger partial charge is 0.327 e. The number of ether oxygens (including phenoxy) is 1. The molecule has 0 aromatic rings. The molecule has 0 aromatic heterocycles. The molecule has 0 aliphatic heterocycles. The van der Waals surface area contributed by atoms with Gasteiger partial charge in [0.15, 0.2) is 9.84 Å². The molecule has 2 unspecified atom stereocenters. The van der Waals surface area contributed by atoms with Crippen molar-refractivity contribution in [2.45, 2.75) is 74.6 Å². The highest BCUT2D eigenvalue weighted by atomic mass is 32.2. The molecule has 122 valence electrons. The topological polar surface area (TPSA) is 72.5 Å². The van der Waals surface area contributed by atoms with Crippen LogP contribution in [0.3, 0.4) is 0 Å². The molecule has 2 saturated carbocycles. The fourth-order valence-electron chi connectivity index (χ4n) is 3.98. The predicted octanol–water partition coefficient (Wildman–Crippen LogP) is 1.81. The van der Waals surface area contributed by atoms with Crippen LogP contribution in [0.25, 0.3) is 0 Å². The number of esters is 1. The van der Waals surface area contributed by atoms with E-state index in [0.717, 1.165) is 32.1 Å². The van der Waals surface area contributed by atoms with E-state index in [1.807, 2.05) is 0 Å². The second-order valence-corrected chi connectivity index (χ2v) is 8.73. The minimum atomic E-state index is -3.29. The van der Waals surface area contributed by atoms with Gasteiger partial charge in [0.2, 0.25) is 0 Å². The van der Waals surface area contributed by atoms with Crippen molar-refractivity contribution in [3.63, 3.8) is 0 Å². The summed E-state index contributed by atoms with van der Waals surface area (Å²) < 4.78 is 29.2. The van der Waals surface area contributed by atoms with Crippen LogP contribution in [0, 0.1) is 0 Å². The monoisotopic (exact) mass is 317 g/mol. The number of nitrogens with one attached hydrogen (secondary N) is 1. The van der Waals surface area contributed by atoms with Gasteiger partial charge < -0.3 is 4.74 Å². The lowest BCUT2D eigenvalue weighted by Gasteiger charge is -2.36. The van der Waals surface area contributed by atoms with Crippen LogP contribution >= 0.6 is 0 Å². The van der Waals surface area contributed by atoms with E-state index >= 15 is 0 Å². The summed E-state index contributed by atoms with van der Waals surface area (Å²) in [6, 6.07) is 0.217. The van der Waals surface area contributed by atoms with Crippen molar-refractivity contribution in [1.82, 2.24) is 5.32 Å². The van der Waals surface area contributed by atoms with E-state index in [1.54, 1.807) is 0 Å². The van der Waals surface area contributed by atoms with Crippen molar-refractivity contribution in [2.75, 3.05) is 13.4 Å². The van der Waals surface area contributed by atoms with Gasteiger partial charge in [-0.25, -0.2) is 8.42 Å². The van der Waals surface area contributed by atoms with E-state index in [1.165, 1.54) is 26.2 Å². The van der Waals surface area contributed by atoms with Crippen molar-refractivity contribution < 1.29 is 17.9 Å². The minimum absolute atomic E-state index is 0.217. The zero-order valence-corrected chi connectivity index (χ0v) is 13.9. The number of sulfone groups is 1. The maximum absolute atomic E-state index is 12.4. The van der Waals surface area contributed by atoms with Crippen molar-refractivity contribution in [3.8, 4) is 0 Å². The van der Waals surface area contributed by atoms with Crippen LogP contribution < -0.4 is 5.32 Å². The molecule has 1 N–H and O–H groups in total. The summed E-state index contributed by atoms with van der Waals surface area (Å²) in [4.78, 5) is 12.4. The van der Waals surface area contributed by atoms with Gasteiger partial charge in [-0.2, -0.15) is 0 Å². The Labute approximate surface area is 127 Å². The Kier molecular flexibility index (Phi) is 5.30. The van der Waals surface area contributed by atoms with Gasteiger partial charge in [0.1, 0.15) is 5.54 Å². The SMILES string of the molecule is COC(=O)C1(NC2CCCCCC2)CCCC1S(C)(=O)=O. The first-order valence-corrected chi connectivity index (χ1v) is 9.90. The van der Waals surface area contributed by atoms with Crippen LogP contribution in [0.2, 0.25) is 0 Å². The molecule has 2 fully saturated rings. The molecule has 2 aliphatic rings. The molecule has 0 heterocycles. The van der Waals surface area contributed by atoms with Gasteiger partial charge in [-0.3, -0.25) is 10.1 Å². The van der Waals surface area contributed by atoms with E-state index in [9.17, 15) is 13.2 Å². The van der Waals surface area contributed by atoms with E-state index in [0.29, 0.717) is 12.8 Å². The molecule has 2 rings (SSSR count). The number of hydrogen-bond acceptors (Lipinski definition) is 5. The standard InChI is InChI=1S/C15H27NO4S/c1-20-14(17)15(11-7-10-13(15)21(2,18)19)16-12-8-5-3-4-6-9-12/h12-13,16H,3-11H2,1-2H3. The zero-order chi connectivity index (χ0) is 15.5. The minimum Gasteiger partial charge on any atom is -0.468 e. The van der Waals surface area contributed by atoms with Gasteiger partial charge in [0.25, 0.3) is 0 Å². The van der Waals surface area contributed by atoms with E-state index < -0.39 is 26.6 Å². The van der Waals surface area contributed by atoms with Gasteiger partial charge in [-0.1, -0.05) is 25.7 Å². The van der Waals surface area contributed by atoms with Crippen LogP contribution in [0.15, 0.2) is 0 Å². The molecule has 0 radical (unpaired) electrons. The molecule has 2 aliphatic carbocycles. The molecular weight excluding hydrogens is 290 g/mol. The van der Waals surface area contributed by atoms with Crippen LogP contribution in [0.4, 0.5) is 0 Å². The Hall–Kier alpha value is -0.620. The van der Waals surface area contributed by atoms with Gasteiger partial charge in [0.05, 0.1) is 12.4 Å². The summed E-state index contributed by atoms with van der Waals surface area (Å²) >= 11 is 0. The predicted molar refractivity (Wildman–Crippen MR) is 81.9 cm³/mol. The van der Waals surface area contributed by atoms with Crippen molar-refractivity contribution in [3.05, 3.63) is 0 Å². The maximum atomic E-state index is 12.4. The Balaban J connectivity index is 2.26. The Morgan fingerprint density at radius 2 is 1.71 bits per heavy atom. The summed E-state index contributed by atoms with van der Waals surface area (Å²) in [5.74, 6) is -0.417. The normalized spacial score (nSPS) is 31.8. The lowest BCUT2D eigenvalue weighted by molar-refractivity contribution is -0.148. The lowest BCUT2D eigenvalue weighted by atomic mass is 9.94. The Bertz CT molecular complexity index is 468. The molecule has 0 saturated heterocycles. The number of carbonyl (C=O) groups is 1. The van der Waals surface area contributed by atoms with Crippen molar-refractivity contribution in [2.24, 2.45) is 0 Å². The van der Waals surface area contributed by atoms with Crippen LogP contribution in [0.1, 0.15) is 57.8 Å². The average Bonchev–Trinajstić information content (AvgIpc) is 2.70. The van der Waals surface area contributed by atoms with Crippen molar-refractivity contribution >= 4 is 15.8 Å². The first-order chi connectivity index (χ1) is 9.90. The maximum Gasteiger partial charge on any atom is 0.327 e. The summed E-state index contributed by atoms with van der Waals surface area (Å²) in [7, 11) is -1.94. The largest absolute Gasteiger partial charge is 0.468 e. The Morgan fingerprint density at radius 3 is 2.24 bits per heavy atom. The van der Waals surface area contributed by atoms with Gasteiger partial charge in [-0.05, 0) is 32.1 Å². The van der Waals surface area contributed by atoms with E-state index in [2.05, 4.69) is 5.32 Å². The molecule has 0 amide bonds. The molecule has 2 atom stereocenters. The van der Waals surface area contributed by atoms with Gasteiger partial charge in [-0.15, -0.1) is 0 Å². The molecule has 5 nitrogen and oxygen atoms in total.